The number of hydrogen-bond donors (Lipinski definition) is 1. The van der Waals surface area contributed by atoms with Gasteiger partial charge in [0, 0.05) is 0 Å². The minimum Gasteiger partial charge on any atom is -0.443 e. The maximum atomic E-state index is 14.6. The quantitative estimate of drug-likeness (QED) is 0.332. The molecule has 1 N–H and O–H groups in total. The van der Waals surface area contributed by atoms with Gasteiger partial charge in [-0.3, -0.25) is 0 Å². The lowest BCUT2D eigenvalue weighted by Crippen LogP contribution is -2.39. The number of oxazole rings is 1. The summed E-state index contributed by atoms with van der Waals surface area (Å²) in [6.07, 6.45) is 2.23. The summed E-state index contributed by atoms with van der Waals surface area (Å²) < 4.78 is 34.8. The SMILES string of the molecule is CC[C@H]1c2cc(-c3c(F)cccc3F)nnc2[C@](C)(c2cccc(-c3nc(C(C)(C)O)co3)n2)C1(C)C. The van der Waals surface area contributed by atoms with E-state index >= 15 is 0 Å². The van der Waals surface area contributed by atoms with E-state index in [-0.39, 0.29) is 22.6 Å². The second kappa shape index (κ2) is 8.52. The van der Waals surface area contributed by atoms with Crippen LogP contribution < -0.4 is 0 Å². The summed E-state index contributed by atoms with van der Waals surface area (Å²) >= 11 is 0. The van der Waals surface area contributed by atoms with Crippen LogP contribution in [0.3, 0.4) is 0 Å². The topological polar surface area (TPSA) is 84.9 Å². The molecule has 0 saturated carbocycles. The van der Waals surface area contributed by atoms with E-state index in [1.54, 1.807) is 19.9 Å². The van der Waals surface area contributed by atoms with Gasteiger partial charge in [0.05, 0.1) is 28.1 Å². The average molecular weight is 505 g/mol. The summed E-state index contributed by atoms with van der Waals surface area (Å²) in [5.74, 6) is -0.992. The zero-order valence-electron chi connectivity index (χ0n) is 21.8. The van der Waals surface area contributed by atoms with Gasteiger partial charge >= 0.3 is 0 Å². The number of pyridine rings is 1. The maximum Gasteiger partial charge on any atom is 0.245 e. The molecule has 0 aliphatic heterocycles. The number of nitrogens with zero attached hydrogens (tertiary/aromatic N) is 4. The lowest BCUT2D eigenvalue weighted by molar-refractivity contribution is 0.0738. The van der Waals surface area contributed by atoms with Gasteiger partial charge < -0.3 is 9.52 Å². The molecule has 0 unspecified atom stereocenters. The van der Waals surface area contributed by atoms with Crippen LogP contribution in [0.5, 0.6) is 0 Å². The highest BCUT2D eigenvalue weighted by molar-refractivity contribution is 5.63. The third-order valence-corrected chi connectivity index (χ3v) is 8.07. The van der Waals surface area contributed by atoms with E-state index in [1.807, 2.05) is 18.2 Å². The molecule has 192 valence electrons. The van der Waals surface area contributed by atoms with E-state index in [2.05, 4.69) is 42.9 Å². The number of halogens is 2. The Hall–Kier alpha value is -3.52. The molecule has 0 radical (unpaired) electrons. The van der Waals surface area contributed by atoms with Gasteiger partial charge in [-0.2, -0.15) is 5.10 Å². The third kappa shape index (κ3) is 3.77. The van der Waals surface area contributed by atoms with E-state index in [0.717, 1.165) is 23.4 Å². The molecule has 1 aromatic carbocycles. The van der Waals surface area contributed by atoms with Crippen LogP contribution in [0.25, 0.3) is 22.8 Å². The van der Waals surface area contributed by atoms with E-state index in [4.69, 9.17) is 9.40 Å². The Balaban J connectivity index is 1.66. The molecule has 2 atom stereocenters. The molecule has 0 amide bonds. The minimum absolute atomic E-state index is 0.0468. The highest BCUT2D eigenvalue weighted by Gasteiger charge is 2.57. The lowest BCUT2D eigenvalue weighted by Gasteiger charge is -2.41. The first-order valence-electron chi connectivity index (χ1n) is 12.4. The molecule has 4 aromatic rings. The fourth-order valence-corrected chi connectivity index (χ4v) is 5.65. The molecular weight excluding hydrogens is 474 g/mol. The smallest absolute Gasteiger partial charge is 0.245 e. The van der Waals surface area contributed by atoms with Crippen LogP contribution in [-0.2, 0) is 11.0 Å². The van der Waals surface area contributed by atoms with Gasteiger partial charge in [-0.1, -0.05) is 32.9 Å². The van der Waals surface area contributed by atoms with E-state index < -0.39 is 22.7 Å². The van der Waals surface area contributed by atoms with Crippen LogP contribution >= 0.6 is 0 Å². The van der Waals surface area contributed by atoms with Gasteiger partial charge in [0.15, 0.2) is 0 Å². The molecule has 1 aliphatic rings. The predicted molar refractivity (Wildman–Crippen MR) is 136 cm³/mol. The molecule has 8 heteroatoms. The molecule has 0 saturated heterocycles. The van der Waals surface area contributed by atoms with Crippen molar-refractivity contribution in [2.24, 2.45) is 5.41 Å². The van der Waals surface area contributed by atoms with Crippen molar-refractivity contribution >= 4 is 0 Å². The first kappa shape index (κ1) is 25.1. The largest absolute Gasteiger partial charge is 0.443 e. The Morgan fingerprint density at radius 3 is 2.27 bits per heavy atom. The lowest BCUT2D eigenvalue weighted by atomic mass is 9.62. The molecule has 37 heavy (non-hydrogen) atoms. The van der Waals surface area contributed by atoms with Gasteiger partial charge in [-0.25, -0.2) is 18.7 Å². The van der Waals surface area contributed by atoms with Crippen LogP contribution in [0.15, 0.2) is 53.1 Å². The van der Waals surface area contributed by atoms with E-state index in [1.165, 1.54) is 24.5 Å². The van der Waals surface area contributed by atoms with Crippen molar-refractivity contribution in [2.45, 2.75) is 64.9 Å². The minimum atomic E-state index is -1.14. The fraction of sp³-hybridized carbons (Fsp3) is 0.379. The molecule has 3 aromatic heterocycles. The Morgan fingerprint density at radius 1 is 0.973 bits per heavy atom. The Morgan fingerprint density at radius 2 is 1.65 bits per heavy atom. The number of fused-ring (bicyclic) bond motifs is 1. The molecule has 5 rings (SSSR count). The van der Waals surface area contributed by atoms with Crippen molar-refractivity contribution in [2.75, 3.05) is 0 Å². The van der Waals surface area contributed by atoms with Crippen LogP contribution in [-0.4, -0.2) is 25.3 Å². The fourth-order valence-electron chi connectivity index (χ4n) is 5.65. The molecule has 1 aliphatic carbocycles. The zero-order valence-corrected chi connectivity index (χ0v) is 21.8. The van der Waals surface area contributed by atoms with E-state index in [9.17, 15) is 13.9 Å². The van der Waals surface area contributed by atoms with Crippen LogP contribution in [0, 0.1) is 17.0 Å². The number of aromatic nitrogens is 4. The zero-order chi connectivity index (χ0) is 26.8. The molecule has 0 spiro atoms. The van der Waals surface area contributed by atoms with Crippen molar-refractivity contribution in [1.29, 1.82) is 0 Å². The summed E-state index contributed by atoms with van der Waals surface area (Å²) in [4.78, 5) is 9.38. The third-order valence-electron chi connectivity index (χ3n) is 8.07. The summed E-state index contributed by atoms with van der Waals surface area (Å²) in [7, 11) is 0. The maximum absolute atomic E-state index is 14.6. The number of benzene rings is 1. The Kier molecular flexibility index (Phi) is 5.79. The van der Waals surface area contributed by atoms with Gasteiger partial charge in [0.25, 0.3) is 0 Å². The molecule has 3 heterocycles. The Bertz CT molecular complexity index is 1470. The van der Waals surface area contributed by atoms with Crippen molar-refractivity contribution < 1.29 is 18.3 Å². The normalized spacial score (nSPS) is 20.7. The van der Waals surface area contributed by atoms with Crippen LogP contribution in [0.4, 0.5) is 8.78 Å². The van der Waals surface area contributed by atoms with Crippen LogP contribution in [0.2, 0.25) is 0 Å². The van der Waals surface area contributed by atoms with Crippen molar-refractivity contribution in [3.63, 3.8) is 0 Å². The highest BCUT2D eigenvalue weighted by Crippen LogP contribution is 2.61. The standard InChI is InChI=1S/C29H30F2N4O2/c1-7-17-16-14-21(24-18(30)10-8-11-19(24)31)34-35-25(16)29(6,27(17,2)3)22-13-9-12-20(32-22)26-33-23(15-37-26)28(4,5)36/h8-15,17,36H,7H2,1-6H3/t17-,29-/m0/s1. The van der Waals surface area contributed by atoms with Gasteiger partial charge in [0.1, 0.15) is 34.9 Å². The molecule has 0 bridgehead atoms. The number of rotatable bonds is 5. The second-order valence-corrected chi connectivity index (χ2v) is 10.9. The molecule has 0 fully saturated rings. The first-order chi connectivity index (χ1) is 17.4. The van der Waals surface area contributed by atoms with Gasteiger partial charge in [0.2, 0.25) is 5.89 Å². The highest BCUT2D eigenvalue weighted by atomic mass is 19.1. The van der Waals surface area contributed by atoms with Crippen LogP contribution in [0.1, 0.15) is 76.5 Å². The molecular formula is C29H30F2N4O2. The van der Waals surface area contributed by atoms with Crippen molar-refractivity contribution in [1.82, 2.24) is 20.2 Å². The molecule has 6 nitrogen and oxygen atoms in total. The number of aliphatic hydroxyl groups is 1. The van der Waals surface area contributed by atoms with Crippen molar-refractivity contribution in [3.05, 3.63) is 83.0 Å². The van der Waals surface area contributed by atoms with E-state index in [0.29, 0.717) is 17.3 Å². The predicted octanol–water partition coefficient (Wildman–Crippen LogP) is 6.54. The Labute approximate surface area is 214 Å². The summed E-state index contributed by atoms with van der Waals surface area (Å²) in [5.41, 5.74) is 1.19. The summed E-state index contributed by atoms with van der Waals surface area (Å²) in [5, 5.41) is 19.2. The summed E-state index contributed by atoms with van der Waals surface area (Å²) in [6.45, 7) is 11.8. The average Bonchev–Trinajstić information content (AvgIpc) is 3.40. The number of hydrogen-bond acceptors (Lipinski definition) is 6. The first-order valence-corrected chi connectivity index (χ1v) is 12.4. The monoisotopic (exact) mass is 504 g/mol. The summed E-state index contributed by atoms with van der Waals surface area (Å²) in [6, 6.07) is 11.2. The second-order valence-electron chi connectivity index (χ2n) is 10.9. The van der Waals surface area contributed by atoms with Crippen molar-refractivity contribution in [3.8, 4) is 22.8 Å². The van der Waals surface area contributed by atoms with Gasteiger partial charge in [-0.05, 0) is 74.4 Å². The van der Waals surface area contributed by atoms with Gasteiger partial charge in [-0.15, -0.1) is 5.10 Å².